The predicted octanol–water partition coefficient (Wildman–Crippen LogP) is 4.38. The van der Waals surface area contributed by atoms with Crippen LogP contribution in [0, 0.1) is 0 Å². The van der Waals surface area contributed by atoms with Gasteiger partial charge < -0.3 is 9.52 Å². The summed E-state index contributed by atoms with van der Waals surface area (Å²) in [4.78, 5) is 15.4. The summed E-state index contributed by atoms with van der Waals surface area (Å²) < 4.78 is 5.67. The summed E-state index contributed by atoms with van der Waals surface area (Å²) in [6.07, 6.45) is 6.45. The number of allylic oxidation sites excluding steroid dienone is 6. The SMILES string of the molecule is CC1=CC(Cl)=CC(c2nc3ccc(C(=O)O)cc3o2)=CC1. The number of carboxylic acids is 1. The van der Waals surface area contributed by atoms with E-state index in [0.717, 1.165) is 17.6 Å². The number of halogens is 1. The van der Waals surface area contributed by atoms with Gasteiger partial charge in [-0.3, -0.25) is 0 Å². The average molecular weight is 302 g/mol. The first kappa shape index (κ1) is 13.6. The first-order valence-corrected chi connectivity index (χ1v) is 6.79. The molecule has 0 saturated heterocycles. The molecule has 0 unspecified atom stereocenters. The monoisotopic (exact) mass is 301 g/mol. The quantitative estimate of drug-likeness (QED) is 0.894. The Hall–Kier alpha value is -2.33. The summed E-state index contributed by atoms with van der Waals surface area (Å²) in [5.41, 5.74) is 3.18. The van der Waals surface area contributed by atoms with Gasteiger partial charge in [-0.05, 0) is 43.7 Å². The number of carboxylic acid groups (broad SMARTS) is 1. The predicted molar refractivity (Wildman–Crippen MR) is 81.3 cm³/mol. The van der Waals surface area contributed by atoms with Crippen molar-refractivity contribution in [1.82, 2.24) is 4.98 Å². The third kappa shape index (κ3) is 2.76. The van der Waals surface area contributed by atoms with Crippen LogP contribution >= 0.6 is 11.6 Å². The van der Waals surface area contributed by atoms with Crippen molar-refractivity contribution in [2.75, 3.05) is 0 Å². The fourth-order valence-electron chi connectivity index (χ4n) is 2.14. The summed E-state index contributed by atoms with van der Waals surface area (Å²) in [6, 6.07) is 4.62. The molecule has 0 spiro atoms. The first-order chi connectivity index (χ1) is 10.0. The number of aromatic carboxylic acids is 1. The van der Waals surface area contributed by atoms with Crippen LogP contribution in [-0.2, 0) is 0 Å². The molecular formula is C16H12ClNO3. The Morgan fingerprint density at radius 3 is 2.95 bits per heavy atom. The molecule has 0 saturated carbocycles. The minimum absolute atomic E-state index is 0.172. The summed E-state index contributed by atoms with van der Waals surface area (Å²) >= 11 is 6.12. The van der Waals surface area contributed by atoms with E-state index in [1.165, 1.54) is 12.1 Å². The minimum Gasteiger partial charge on any atom is -0.478 e. The zero-order valence-electron chi connectivity index (χ0n) is 11.3. The lowest BCUT2D eigenvalue weighted by Gasteiger charge is -1.94. The van der Waals surface area contributed by atoms with E-state index in [-0.39, 0.29) is 5.56 Å². The Balaban J connectivity index is 2.06. The number of carbonyl (C=O) groups is 1. The lowest BCUT2D eigenvalue weighted by Crippen LogP contribution is -1.94. The Labute approximate surface area is 126 Å². The molecule has 5 heteroatoms. The fraction of sp³-hybridized carbons (Fsp3) is 0.125. The molecule has 1 aliphatic rings. The number of nitrogens with zero attached hydrogens (tertiary/aromatic N) is 1. The Bertz CT molecular complexity index is 827. The van der Waals surface area contributed by atoms with Gasteiger partial charge in [0.05, 0.1) is 5.56 Å². The van der Waals surface area contributed by atoms with Gasteiger partial charge in [-0.1, -0.05) is 23.3 Å². The second-order valence-corrected chi connectivity index (χ2v) is 5.33. The molecule has 1 aromatic carbocycles. The largest absolute Gasteiger partial charge is 0.478 e. The van der Waals surface area contributed by atoms with E-state index in [1.54, 1.807) is 12.1 Å². The van der Waals surface area contributed by atoms with Gasteiger partial charge in [0.2, 0.25) is 5.89 Å². The highest BCUT2D eigenvalue weighted by molar-refractivity contribution is 6.32. The summed E-state index contributed by atoms with van der Waals surface area (Å²) in [5.74, 6) is -0.555. The van der Waals surface area contributed by atoms with Crippen molar-refractivity contribution in [2.45, 2.75) is 13.3 Å². The zero-order chi connectivity index (χ0) is 15.0. The second-order valence-electron chi connectivity index (χ2n) is 4.89. The molecule has 1 aliphatic carbocycles. The molecule has 106 valence electrons. The number of benzene rings is 1. The molecule has 21 heavy (non-hydrogen) atoms. The number of aromatic nitrogens is 1. The molecule has 4 nitrogen and oxygen atoms in total. The van der Waals surface area contributed by atoms with Crippen molar-refractivity contribution >= 4 is 34.2 Å². The van der Waals surface area contributed by atoms with E-state index < -0.39 is 5.97 Å². The van der Waals surface area contributed by atoms with Crippen LogP contribution in [-0.4, -0.2) is 16.1 Å². The van der Waals surface area contributed by atoms with Crippen LogP contribution in [0.1, 0.15) is 29.6 Å². The molecule has 1 aromatic heterocycles. The van der Waals surface area contributed by atoms with Crippen LogP contribution in [0.15, 0.2) is 51.4 Å². The van der Waals surface area contributed by atoms with Gasteiger partial charge in [0.1, 0.15) is 5.52 Å². The van der Waals surface area contributed by atoms with Gasteiger partial charge in [-0.2, -0.15) is 0 Å². The van der Waals surface area contributed by atoms with Crippen LogP contribution in [0.4, 0.5) is 0 Å². The molecule has 0 aliphatic heterocycles. The molecular weight excluding hydrogens is 290 g/mol. The number of fused-ring (bicyclic) bond motifs is 1. The Morgan fingerprint density at radius 2 is 2.19 bits per heavy atom. The van der Waals surface area contributed by atoms with Crippen LogP contribution < -0.4 is 0 Å². The summed E-state index contributed by atoms with van der Waals surface area (Å²) in [5, 5.41) is 9.61. The highest BCUT2D eigenvalue weighted by atomic mass is 35.5. The van der Waals surface area contributed by atoms with Crippen molar-refractivity contribution in [2.24, 2.45) is 0 Å². The number of hydrogen-bond acceptors (Lipinski definition) is 3. The maximum Gasteiger partial charge on any atom is 0.335 e. The number of rotatable bonds is 2. The molecule has 1 N–H and O–H groups in total. The van der Waals surface area contributed by atoms with Gasteiger partial charge in [0.25, 0.3) is 0 Å². The Kier molecular flexibility index (Phi) is 3.39. The lowest BCUT2D eigenvalue weighted by atomic mass is 10.2. The lowest BCUT2D eigenvalue weighted by molar-refractivity contribution is 0.0697. The number of hydrogen-bond donors (Lipinski definition) is 1. The topological polar surface area (TPSA) is 63.3 Å². The first-order valence-electron chi connectivity index (χ1n) is 6.42. The second kappa shape index (κ2) is 5.22. The van der Waals surface area contributed by atoms with E-state index in [4.69, 9.17) is 21.1 Å². The fourth-order valence-corrected chi connectivity index (χ4v) is 2.45. The van der Waals surface area contributed by atoms with E-state index in [1.807, 2.05) is 19.1 Å². The normalized spacial score (nSPS) is 15.2. The van der Waals surface area contributed by atoms with Gasteiger partial charge in [-0.15, -0.1) is 0 Å². The van der Waals surface area contributed by atoms with Crippen molar-refractivity contribution in [1.29, 1.82) is 0 Å². The summed E-state index contributed by atoms with van der Waals surface area (Å²) in [7, 11) is 0. The molecule has 0 atom stereocenters. The van der Waals surface area contributed by atoms with Crippen LogP contribution in [0.25, 0.3) is 16.7 Å². The Morgan fingerprint density at radius 1 is 1.38 bits per heavy atom. The highest BCUT2D eigenvalue weighted by Gasteiger charge is 2.13. The molecule has 0 fully saturated rings. The minimum atomic E-state index is -0.994. The van der Waals surface area contributed by atoms with Crippen LogP contribution in [0.3, 0.4) is 0 Å². The third-order valence-electron chi connectivity index (χ3n) is 3.20. The van der Waals surface area contributed by atoms with Crippen molar-refractivity contribution < 1.29 is 14.3 Å². The van der Waals surface area contributed by atoms with Gasteiger partial charge in [-0.25, -0.2) is 9.78 Å². The number of oxazole rings is 1. The molecule has 0 radical (unpaired) electrons. The average Bonchev–Trinajstić information content (AvgIpc) is 2.77. The van der Waals surface area contributed by atoms with E-state index in [0.29, 0.717) is 22.0 Å². The molecule has 0 bridgehead atoms. The van der Waals surface area contributed by atoms with E-state index in [2.05, 4.69) is 4.98 Å². The van der Waals surface area contributed by atoms with Gasteiger partial charge in [0.15, 0.2) is 5.58 Å². The molecule has 1 heterocycles. The maximum absolute atomic E-state index is 11.0. The van der Waals surface area contributed by atoms with Crippen molar-refractivity contribution in [3.63, 3.8) is 0 Å². The van der Waals surface area contributed by atoms with E-state index in [9.17, 15) is 4.79 Å². The summed E-state index contributed by atoms with van der Waals surface area (Å²) in [6.45, 7) is 2.00. The van der Waals surface area contributed by atoms with Crippen LogP contribution in [0.2, 0.25) is 0 Å². The van der Waals surface area contributed by atoms with Crippen molar-refractivity contribution in [3.05, 3.63) is 58.5 Å². The van der Waals surface area contributed by atoms with E-state index >= 15 is 0 Å². The van der Waals surface area contributed by atoms with Crippen LogP contribution in [0.5, 0.6) is 0 Å². The molecule has 0 amide bonds. The van der Waals surface area contributed by atoms with Gasteiger partial charge in [0, 0.05) is 10.6 Å². The maximum atomic E-state index is 11.0. The van der Waals surface area contributed by atoms with Gasteiger partial charge >= 0.3 is 5.97 Å². The zero-order valence-corrected chi connectivity index (χ0v) is 12.0. The molecule has 3 rings (SSSR count). The third-order valence-corrected chi connectivity index (χ3v) is 3.42. The van der Waals surface area contributed by atoms with Crippen molar-refractivity contribution in [3.8, 4) is 0 Å². The molecule has 2 aromatic rings. The highest BCUT2D eigenvalue weighted by Crippen LogP contribution is 2.28. The smallest absolute Gasteiger partial charge is 0.335 e. The standard InChI is InChI=1S/C16H12ClNO3/c1-9-2-3-10(7-12(17)6-9)15-18-13-5-4-11(16(19)20)8-14(13)21-15/h3-8H,2H2,1H3,(H,19,20).